The molecule has 0 bridgehead atoms. The second kappa shape index (κ2) is 3.33. The number of likely N-dealkylation sites (tertiary alicyclic amines) is 1. The fraction of sp³-hybridized carbons (Fsp3) is 1.00. The topological polar surface area (TPSA) is 3.24 Å². The number of hydrogen-bond donors (Lipinski definition) is 0. The van der Waals surface area contributed by atoms with Gasteiger partial charge >= 0.3 is 0 Å². The van der Waals surface area contributed by atoms with Crippen molar-refractivity contribution in [1.29, 1.82) is 0 Å². The third-order valence-corrected chi connectivity index (χ3v) is 2.40. The lowest BCUT2D eigenvalue weighted by Gasteiger charge is -2.31. The van der Waals surface area contributed by atoms with Gasteiger partial charge in [0.05, 0.1) is 0 Å². The molecule has 60 valence electrons. The zero-order chi connectivity index (χ0) is 7.56. The van der Waals surface area contributed by atoms with Crippen LogP contribution in [0.15, 0.2) is 0 Å². The van der Waals surface area contributed by atoms with Crippen molar-refractivity contribution < 1.29 is 4.39 Å². The van der Waals surface area contributed by atoms with Crippen LogP contribution in [0.5, 0.6) is 0 Å². The van der Waals surface area contributed by atoms with Gasteiger partial charge in [-0.15, -0.1) is 0 Å². The summed E-state index contributed by atoms with van der Waals surface area (Å²) in [5, 5.41) is 0. The Labute approximate surface area is 62.2 Å². The Morgan fingerprint density at radius 2 is 2.30 bits per heavy atom. The van der Waals surface area contributed by atoms with Crippen LogP contribution >= 0.6 is 0 Å². The van der Waals surface area contributed by atoms with Crippen molar-refractivity contribution in [3.63, 3.8) is 0 Å². The van der Waals surface area contributed by atoms with Crippen molar-refractivity contribution in [2.75, 3.05) is 20.1 Å². The number of alkyl halides is 1. The van der Waals surface area contributed by atoms with E-state index in [4.69, 9.17) is 0 Å². The zero-order valence-corrected chi connectivity index (χ0v) is 6.81. The summed E-state index contributed by atoms with van der Waals surface area (Å²) in [6.45, 7) is 3.78. The smallest absolute Gasteiger partial charge is 0.116 e. The van der Waals surface area contributed by atoms with Crippen molar-refractivity contribution in [3.8, 4) is 0 Å². The molecular formula is C8H16FN. The number of hydrogen-bond acceptors (Lipinski definition) is 1. The molecule has 0 aromatic rings. The summed E-state index contributed by atoms with van der Waals surface area (Å²) in [5.41, 5.74) is 0. The molecule has 0 aliphatic carbocycles. The SMILES string of the molecule is CC[C@@H]1CCN(C)C[C@@H]1F. The van der Waals surface area contributed by atoms with Gasteiger partial charge < -0.3 is 4.90 Å². The van der Waals surface area contributed by atoms with Gasteiger partial charge in [0.1, 0.15) is 6.17 Å². The fourth-order valence-electron chi connectivity index (χ4n) is 1.57. The van der Waals surface area contributed by atoms with Crippen molar-refractivity contribution >= 4 is 0 Å². The van der Waals surface area contributed by atoms with Gasteiger partial charge in [0.2, 0.25) is 0 Å². The molecule has 1 saturated heterocycles. The molecule has 2 atom stereocenters. The van der Waals surface area contributed by atoms with E-state index < -0.39 is 6.17 Å². The maximum absolute atomic E-state index is 13.1. The molecular weight excluding hydrogens is 129 g/mol. The predicted molar refractivity (Wildman–Crippen MR) is 40.8 cm³/mol. The fourth-order valence-corrected chi connectivity index (χ4v) is 1.57. The molecule has 1 aliphatic heterocycles. The lowest BCUT2D eigenvalue weighted by Crippen LogP contribution is -2.39. The van der Waals surface area contributed by atoms with Gasteiger partial charge in [-0.1, -0.05) is 13.3 Å². The molecule has 0 saturated carbocycles. The number of nitrogens with zero attached hydrogens (tertiary/aromatic N) is 1. The Balaban J connectivity index is 2.36. The summed E-state index contributed by atoms with van der Waals surface area (Å²) in [4.78, 5) is 2.07. The van der Waals surface area contributed by atoms with Crippen LogP contribution in [0.4, 0.5) is 4.39 Å². The van der Waals surface area contributed by atoms with Crippen molar-refractivity contribution in [2.45, 2.75) is 25.9 Å². The standard InChI is InChI=1S/C8H16FN/c1-3-7-4-5-10(2)6-8(7)9/h7-8H,3-6H2,1-2H3/t7-,8+/m1/s1. The number of piperidine rings is 1. The maximum Gasteiger partial charge on any atom is 0.116 e. The second-order valence-electron chi connectivity index (χ2n) is 3.24. The van der Waals surface area contributed by atoms with Gasteiger partial charge in [-0.2, -0.15) is 0 Å². The molecule has 1 nitrogen and oxygen atoms in total. The van der Waals surface area contributed by atoms with Crippen molar-refractivity contribution in [1.82, 2.24) is 4.90 Å². The average molecular weight is 145 g/mol. The van der Waals surface area contributed by atoms with E-state index in [0.29, 0.717) is 12.5 Å². The Morgan fingerprint density at radius 1 is 1.60 bits per heavy atom. The van der Waals surface area contributed by atoms with E-state index in [1.54, 1.807) is 0 Å². The summed E-state index contributed by atoms with van der Waals surface area (Å²) in [7, 11) is 1.98. The van der Waals surface area contributed by atoms with Crippen LogP contribution in [0.3, 0.4) is 0 Å². The highest BCUT2D eigenvalue weighted by atomic mass is 19.1. The summed E-state index contributed by atoms with van der Waals surface area (Å²) < 4.78 is 13.1. The zero-order valence-electron chi connectivity index (χ0n) is 6.81. The second-order valence-corrected chi connectivity index (χ2v) is 3.24. The molecule has 1 aliphatic rings. The monoisotopic (exact) mass is 145 g/mol. The third-order valence-electron chi connectivity index (χ3n) is 2.40. The molecule has 2 heteroatoms. The minimum absolute atomic E-state index is 0.330. The average Bonchev–Trinajstić information content (AvgIpc) is 1.88. The number of rotatable bonds is 1. The highest BCUT2D eigenvalue weighted by Crippen LogP contribution is 2.21. The molecule has 0 aromatic carbocycles. The molecule has 0 radical (unpaired) electrons. The van der Waals surface area contributed by atoms with Crippen molar-refractivity contribution in [2.24, 2.45) is 5.92 Å². The van der Waals surface area contributed by atoms with Crippen LogP contribution in [0.25, 0.3) is 0 Å². The van der Waals surface area contributed by atoms with E-state index in [0.717, 1.165) is 19.4 Å². The van der Waals surface area contributed by atoms with E-state index in [1.807, 2.05) is 7.05 Å². The quantitative estimate of drug-likeness (QED) is 0.542. The van der Waals surface area contributed by atoms with Crippen molar-refractivity contribution in [3.05, 3.63) is 0 Å². The summed E-state index contributed by atoms with van der Waals surface area (Å²) in [6, 6.07) is 0. The van der Waals surface area contributed by atoms with Crippen LogP contribution in [0.2, 0.25) is 0 Å². The van der Waals surface area contributed by atoms with E-state index in [-0.39, 0.29) is 0 Å². The van der Waals surface area contributed by atoms with E-state index in [9.17, 15) is 4.39 Å². The van der Waals surface area contributed by atoms with Crippen LogP contribution in [0, 0.1) is 5.92 Å². The first-order valence-corrected chi connectivity index (χ1v) is 4.06. The molecule has 0 amide bonds. The Hall–Kier alpha value is -0.110. The minimum Gasteiger partial charge on any atom is -0.303 e. The first kappa shape index (κ1) is 7.99. The summed E-state index contributed by atoms with van der Waals surface area (Å²) in [5.74, 6) is 0.330. The van der Waals surface area contributed by atoms with Gasteiger partial charge in [-0.25, -0.2) is 4.39 Å². The molecule has 0 aromatic heterocycles. The summed E-state index contributed by atoms with van der Waals surface area (Å²) >= 11 is 0. The van der Waals surface area contributed by atoms with Gasteiger partial charge in [0.25, 0.3) is 0 Å². The Morgan fingerprint density at radius 3 is 2.80 bits per heavy atom. The number of halogens is 1. The molecule has 0 spiro atoms. The molecule has 1 fully saturated rings. The predicted octanol–water partition coefficient (Wildman–Crippen LogP) is 1.69. The normalized spacial score (nSPS) is 36.3. The van der Waals surface area contributed by atoms with E-state index >= 15 is 0 Å². The first-order valence-electron chi connectivity index (χ1n) is 4.06. The lowest BCUT2D eigenvalue weighted by molar-refractivity contribution is 0.100. The third kappa shape index (κ3) is 1.69. The molecule has 1 rings (SSSR count). The van der Waals surface area contributed by atoms with Crippen LogP contribution in [0.1, 0.15) is 19.8 Å². The highest BCUT2D eigenvalue weighted by Gasteiger charge is 2.25. The minimum atomic E-state index is -0.580. The van der Waals surface area contributed by atoms with Crippen LogP contribution < -0.4 is 0 Å². The van der Waals surface area contributed by atoms with Gasteiger partial charge in [0, 0.05) is 6.54 Å². The van der Waals surface area contributed by atoms with Crippen LogP contribution in [-0.2, 0) is 0 Å². The summed E-state index contributed by atoms with van der Waals surface area (Å²) in [6.07, 6.45) is 1.45. The van der Waals surface area contributed by atoms with Crippen LogP contribution in [-0.4, -0.2) is 31.2 Å². The molecule has 1 heterocycles. The largest absolute Gasteiger partial charge is 0.303 e. The first-order chi connectivity index (χ1) is 4.74. The van der Waals surface area contributed by atoms with Gasteiger partial charge in [-0.05, 0) is 25.9 Å². The van der Waals surface area contributed by atoms with E-state index in [1.165, 1.54) is 0 Å². The Kier molecular flexibility index (Phi) is 2.66. The molecule has 0 unspecified atom stereocenters. The van der Waals surface area contributed by atoms with E-state index in [2.05, 4.69) is 11.8 Å². The lowest BCUT2D eigenvalue weighted by atomic mass is 9.93. The molecule has 0 N–H and O–H groups in total. The maximum atomic E-state index is 13.1. The van der Waals surface area contributed by atoms with Gasteiger partial charge in [-0.3, -0.25) is 0 Å². The highest BCUT2D eigenvalue weighted by molar-refractivity contribution is 4.77. The Bertz CT molecular complexity index is 105. The molecule has 10 heavy (non-hydrogen) atoms. The van der Waals surface area contributed by atoms with Gasteiger partial charge in [0.15, 0.2) is 0 Å².